The topological polar surface area (TPSA) is 105 Å². The number of rotatable bonds is 8. The Kier molecular flexibility index (Phi) is 6.13. The van der Waals surface area contributed by atoms with Gasteiger partial charge in [0.2, 0.25) is 0 Å². The third-order valence-corrected chi connectivity index (χ3v) is 5.80. The normalized spacial score (nSPS) is 11.0. The van der Waals surface area contributed by atoms with Gasteiger partial charge in [-0.3, -0.25) is 10.1 Å². The number of hydrogen-bond acceptors (Lipinski definition) is 4. The number of aromatic nitrogens is 1. The van der Waals surface area contributed by atoms with Crippen LogP contribution in [0.25, 0.3) is 22.0 Å². The number of para-hydroxylation sites is 2. The second-order valence-electron chi connectivity index (χ2n) is 7.96. The van der Waals surface area contributed by atoms with Gasteiger partial charge in [0.25, 0.3) is 0 Å². The Labute approximate surface area is 190 Å². The Morgan fingerprint density at radius 1 is 1.00 bits per heavy atom. The molecule has 0 atom stereocenters. The maximum absolute atomic E-state index is 12.0. The molecule has 33 heavy (non-hydrogen) atoms. The van der Waals surface area contributed by atoms with Gasteiger partial charge >= 0.3 is 11.7 Å². The summed E-state index contributed by atoms with van der Waals surface area (Å²) in [5.41, 5.74) is 5.24. The zero-order valence-corrected chi connectivity index (χ0v) is 18.4. The van der Waals surface area contributed by atoms with E-state index in [1.165, 1.54) is 0 Å². The Morgan fingerprint density at radius 3 is 2.42 bits per heavy atom. The number of carboxylic acid groups (broad SMARTS) is 1. The maximum Gasteiger partial charge on any atom is 0.352 e. The van der Waals surface area contributed by atoms with E-state index in [1.807, 2.05) is 49.4 Å². The van der Waals surface area contributed by atoms with Crippen molar-refractivity contribution >= 4 is 22.6 Å². The van der Waals surface area contributed by atoms with Crippen LogP contribution in [0.3, 0.4) is 0 Å². The van der Waals surface area contributed by atoms with E-state index >= 15 is 0 Å². The highest BCUT2D eigenvalue weighted by molar-refractivity contribution is 6.03. The first kappa shape index (κ1) is 22.1. The highest BCUT2D eigenvalue weighted by Gasteiger charge is 2.21. The number of nitrogens with one attached hydrogen (secondary N) is 1. The van der Waals surface area contributed by atoms with Gasteiger partial charge in [-0.1, -0.05) is 54.6 Å². The summed E-state index contributed by atoms with van der Waals surface area (Å²) in [6.07, 6.45) is 0.964. The van der Waals surface area contributed by atoms with Crippen LogP contribution in [0.5, 0.6) is 5.75 Å². The summed E-state index contributed by atoms with van der Waals surface area (Å²) in [7, 11) is 0. The highest BCUT2D eigenvalue weighted by Crippen LogP contribution is 2.34. The van der Waals surface area contributed by atoms with Gasteiger partial charge in [0, 0.05) is 16.5 Å². The lowest BCUT2D eigenvalue weighted by Crippen LogP contribution is -2.05. The maximum atomic E-state index is 12.0. The second-order valence-corrected chi connectivity index (χ2v) is 7.96. The van der Waals surface area contributed by atoms with E-state index in [0.717, 1.165) is 27.6 Å². The van der Waals surface area contributed by atoms with E-state index in [4.69, 9.17) is 4.74 Å². The molecule has 0 unspecified atom stereocenters. The zero-order chi connectivity index (χ0) is 23.5. The van der Waals surface area contributed by atoms with Gasteiger partial charge in [0.15, 0.2) is 5.75 Å². The molecule has 4 aromatic rings. The largest absolute Gasteiger partial charge is 0.487 e. The van der Waals surface area contributed by atoms with Crippen molar-refractivity contribution in [1.82, 2.24) is 4.98 Å². The van der Waals surface area contributed by atoms with Gasteiger partial charge in [-0.25, -0.2) is 4.79 Å². The molecule has 7 heteroatoms. The molecule has 168 valence electrons. The molecule has 0 aliphatic rings. The fourth-order valence-corrected chi connectivity index (χ4v) is 4.23. The molecule has 0 bridgehead atoms. The van der Waals surface area contributed by atoms with E-state index in [9.17, 15) is 20.0 Å². The lowest BCUT2D eigenvalue weighted by molar-refractivity contribution is -0.386. The minimum Gasteiger partial charge on any atom is -0.487 e. The third-order valence-electron chi connectivity index (χ3n) is 5.80. The Hall–Kier alpha value is -4.13. The van der Waals surface area contributed by atoms with Crippen LogP contribution < -0.4 is 4.74 Å². The van der Waals surface area contributed by atoms with Gasteiger partial charge in [-0.15, -0.1) is 0 Å². The second kappa shape index (κ2) is 9.16. The van der Waals surface area contributed by atoms with Crippen LogP contribution in [-0.4, -0.2) is 27.6 Å². The first-order valence-electron chi connectivity index (χ1n) is 10.7. The fraction of sp³-hybridized carbons (Fsp3) is 0.192. The summed E-state index contributed by atoms with van der Waals surface area (Å²) in [4.78, 5) is 26.0. The lowest BCUT2D eigenvalue weighted by atomic mass is 9.97. The molecule has 0 aliphatic carbocycles. The summed E-state index contributed by atoms with van der Waals surface area (Å²) in [5, 5.41) is 22.0. The minimum absolute atomic E-state index is 0.0429. The van der Waals surface area contributed by atoms with Crippen molar-refractivity contribution in [2.24, 2.45) is 0 Å². The van der Waals surface area contributed by atoms with Crippen LogP contribution in [0.2, 0.25) is 0 Å². The summed E-state index contributed by atoms with van der Waals surface area (Å²) in [5.74, 6) is -0.800. The Morgan fingerprint density at radius 2 is 1.70 bits per heavy atom. The van der Waals surface area contributed by atoms with Crippen molar-refractivity contribution in [2.75, 3.05) is 6.61 Å². The smallest absolute Gasteiger partial charge is 0.352 e. The number of carbonyl (C=O) groups is 1. The number of fused-ring (bicyclic) bond motifs is 1. The number of nitro groups is 1. The molecule has 1 heterocycles. The summed E-state index contributed by atoms with van der Waals surface area (Å²) in [6, 6.07) is 18.8. The SMILES string of the molecule is Cc1ccccc1-c1cccc2c(CCCOc3cccc(C)c3[N+](=O)[O-])c(C(=O)O)[nH]c12. The van der Waals surface area contributed by atoms with E-state index in [2.05, 4.69) is 4.98 Å². The van der Waals surface area contributed by atoms with E-state index in [1.54, 1.807) is 25.1 Å². The standard InChI is InChI=1S/C26H24N2O5/c1-16-8-3-4-10-18(16)19-11-6-12-20-21(24(26(29)30)27-23(19)20)13-7-15-33-22-14-5-9-17(2)25(22)28(31)32/h3-6,8-12,14,27H,7,13,15H2,1-2H3,(H,29,30). The number of H-pyrrole nitrogens is 1. The van der Waals surface area contributed by atoms with E-state index in [-0.39, 0.29) is 23.7 Å². The van der Waals surface area contributed by atoms with Gasteiger partial charge in [-0.2, -0.15) is 0 Å². The quantitative estimate of drug-likeness (QED) is 0.195. The third kappa shape index (κ3) is 4.30. The fourth-order valence-electron chi connectivity index (χ4n) is 4.23. The monoisotopic (exact) mass is 444 g/mol. The minimum atomic E-state index is -1.02. The number of nitro benzene ring substituents is 1. The van der Waals surface area contributed by atoms with E-state index in [0.29, 0.717) is 24.0 Å². The average Bonchev–Trinajstić information content (AvgIpc) is 3.16. The first-order chi connectivity index (χ1) is 15.9. The van der Waals surface area contributed by atoms with Gasteiger partial charge in [0.1, 0.15) is 5.69 Å². The van der Waals surface area contributed by atoms with E-state index < -0.39 is 10.9 Å². The van der Waals surface area contributed by atoms with Crippen molar-refractivity contribution in [2.45, 2.75) is 26.7 Å². The predicted molar refractivity (Wildman–Crippen MR) is 127 cm³/mol. The number of nitrogens with zero attached hydrogens (tertiary/aromatic N) is 1. The molecule has 0 fully saturated rings. The first-order valence-corrected chi connectivity index (χ1v) is 10.7. The van der Waals surface area contributed by atoms with Crippen molar-refractivity contribution in [3.63, 3.8) is 0 Å². The van der Waals surface area contributed by atoms with Crippen molar-refractivity contribution in [3.05, 3.63) is 93.2 Å². The molecule has 0 aliphatic heterocycles. The van der Waals surface area contributed by atoms with Crippen LogP contribution in [-0.2, 0) is 6.42 Å². The van der Waals surface area contributed by atoms with Crippen molar-refractivity contribution in [1.29, 1.82) is 0 Å². The Bertz CT molecular complexity index is 1360. The van der Waals surface area contributed by atoms with Crippen molar-refractivity contribution < 1.29 is 19.6 Å². The highest BCUT2D eigenvalue weighted by atomic mass is 16.6. The molecule has 7 nitrogen and oxygen atoms in total. The molecular formula is C26H24N2O5. The van der Waals surface area contributed by atoms with Crippen LogP contribution >= 0.6 is 0 Å². The predicted octanol–water partition coefficient (Wildman–Crippen LogP) is 6.07. The summed E-state index contributed by atoms with van der Waals surface area (Å²) in [6.45, 7) is 3.92. The zero-order valence-electron chi connectivity index (χ0n) is 18.4. The lowest BCUT2D eigenvalue weighted by Gasteiger charge is -2.09. The molecule has 4 rings (SSSR count). The summed E-state index contributed by atoms with van der Waals surface area (Å²) < 4.78 is 5.70. The van der Waals surface area contributed by atoms with Gasteiger partial charge in [-0.05, 0) is 49.4 Å². The molecule has 3 aromatic carbocycles. The van der Waals surface area contributed by atoms with Crippen LogP contribution in [0.15, 0.2) is 60.7 Å². The summed E-state index contributed by atoms with van der Waals surface area (Å²) >= 11 is 0. The number of ether oxygens (including phenoxy) is 1. The number of aromatic amines is 1. The molecule has 0 saturated carbocycles. The Balaban J connectivity index is 1.61. The molecule has 0 amide bonds. The molecule has 2 N–H and O–H groups in total. The number of hydrogen-bond donors (Lipinski definition) is 2. The van der Waals surface area contributed by atoms with Crippen LogP contribution in [0, 0.1) is 24.0 Å². The van der Waals surface area contributed by atoms with Crippen molar-refractivity contribution in [3.8, 4) is 16.9 Å². The number of aromatic carboxylic acids is 1. The molecule has 0 saturated heterocycles. The number of aryl methyl sites for hydroxylation is 3. The molecule has 0 spiro atoms. The van der Waals surface area contributed by atoms with Crippen LogP contribution in [0.4, 0.5) is 5.69 Å². The molecular weight excluding hydrogens is 420 g/mol. The molecule has 1 aromatic heterocycles. The molecule has 0 radical (unpaired) electrons. The number of carboxylic acids is 1. The number of benzene rings is 3. The van der Waals surface area contributed by atoms with Gasteiger partial charge < -0.3 is 14.8 Å². The average molecular weight is 444 g/mol. The van der Waals surface area contributed by atoms with Gasteiger partial charge in [0.05, 0.1) is 17.0 Å². The van der Waals surface area contributed by atoms with Crippen LogP contribution in [0.1, 0.15) is 33.6 Å².